The molecule has 1 fully saturated rings. The van der Waals surface area contributed by atoms with E-state index in [0.717, 1.165) is 5.92 Å². The summed E-state index contributed by atoms with van der Waals surface area (Å²) < 4.78 is 0. The highest BCUT2D eigenvalue weighted by atomic mass is 14.9. The van der Waals surface area contributed by atoms with Crippen LogP contribution in [0.15, 0.2) is 11.6 Å². The summed E-state index contributed by atoms with van der Waals surface area (Å²) in [6, 6.07) is 0. The molecule has 1 heteroatoms. The van der Waals surface area contributed by atoms with Gasteiger partial charge >= 0.3 is 0 Å². The Morgan fingerprint density at radius 1 is 1.31 bits per heavy atom. The summed E-state index contributed by atoms with van der Waals surface area (Å²) in [5.41, 5.74) is 1.70. The fourth-order valence-corrected chi connectivity index (χ4v) is 2.01. The van der Waals surface area contributed by atoms with E-state index in [1.165, 1.54) is 58.0 Å². The van der Waals surface area contributed by atoms with Gasteiger partial charge in [-0.05, 0) is 64.0 Å². The van der Waals surface area contributed by atoms with Crippen LogP contribution in [0.3, 0.4) is 0 Å². The molecule has 0 spiro atoms. The maximum atomic E-state index is 3.55. The molecular weight excluding hydrogens is 158 g/mol. The second-order valence-corrected chi connectivity index (χ2v) is 4.51. The molecule has 2 rings (SSSR count). The quantitative estimate of drug-likeness (QED) is 0.505. The fourth-order valence-electron chi connectivity index (χ4n) is 2.01. The zero-order valence-electron chi connectivity index (χ0n) is 8.52. The minimum atomic E-state index is 1.03. The van der Waals surface area contributed by atoms with Crippen molar-refractivity contribution in [3.05, 3.63) is 11.6 Å². The first kappa shape index (κ1) is 9.26. The van der Waals surface area contributed by atoms with Crippen LogP contribution in [0.1, 0.15) is 44.9 Å². The second kappa shape index (κ2) is 4.80. The summed E-state index contributed by atoms with van der Waals surface area (Å²) in [7, 11) is 0. The molecule has 0 saturated heterocycles. The molecule has 1 N–H and O–H groups in total. The van der Waals surface area contributed by atoms with Crippen molar-refractivity contribution in [2.75, 3.05) is 13.1 Å². The predicted molar refractivity (Wildman–Crippen MR) is 56.8 cm³/mol. The van der Waals surface area contributed by atoms with Crippen LogP contribution < -0.4 is 5.32 Å². The Labute approximate surface area is 81.6 Å². The standard InChI is InChI=1S/C12H21N/c1-2-4-11(5-3-1)8-9-13-10-12-6-7-12/h4,12-13H,1-3,5-10H2. The Morgan fingerprint density at radius 3 is 2.92 bits per heavy atom. The molecule has 0 aromatic heterocycles. The SMILES string of the molecule is C1=C(CCNCC2CC2)CCCC1. The van der Waals surface area contributed by atoms with Crippen molar-refractivity contribution in [2.45, 2.75) is 44.9 Å². The maximum Gasteiger partial charge on any atom is -0.00115 e. The Kier molecular flexibility index (Phi) is 3.42. The van der Waals surface area contributed by atoms with E-state index in [0.29, 0.717) is 0 Å². The van der Waals surface area contributed by atoms with Crippen molar-refractivity contribution < 1.29 is 0 Å². The molecule has 2 aliphatic rings. The number of hydrogen-bond acceptors (Lipinski definition) is 1. The van der Waals surface area contributed by atoms with Crippen LogP contribution >= 0.6 is 0 Å². The van der Waals surface area contributed by atoms with Crippen molar-refractivity contribution in [1.29, 1.82) is 0 Å². The van der Waals surface area contributed by atoms with E-state index in [4.69, 9.17) is 0 Å². The molecule has 0 heterocycles. The van der Waals surface area contributed by atoms with Crippen LogP contribution in [0.25, 0.3) is 0 Å². The first-order valence-electron chi connectivity index (χ1n) is 5.84. The minimum Gasteiger partial charge on any atom is -0.316 e. The molecule has 0 aromatic rings. The summed E-state index contributed by atoms with van der Waals surface area (Å²) in [5.74, 6) is 1.03. The molecule has 0 bridgehead atoms. The van der Waals surface area contributed by atoms with Gasteiger partial charge in [0.05, 0.1) is 0 Å². The lowest BCUT2D eigenvalue weighted by molar-refractivity contribution is 0.609. The Hall–Kier alpha value is -0.300. The van der Waals surface area contributed by atoms with Gasteiger partial charge in [0, 0.05) is 0 Å². The van der Waals surface area contributed by atoms with Crippen LogP contribution in [0, 0.1) is 5.92 Å². The van der Waals surface area contributed by atoms with Gasteiger partial charge in [-0.1, -0.05) is 11.6 Å². The first-order chi connectivity index (χ1) is 6.45. The highest BCUT2D eigenvalue weighted by Crippen LogP contribution is 2.27. The number of allylic oxidation sites excluding steroid dienone is 1. The third-order valence-corrected chi connectivity index (χ3v) is 3.14. The zero-order chi connectivity index (χ0) is 8.93. The van der Waals surface area contributed by atoms with Crippen LogP contribution in [0.4, 0.5) is 0 Å². The van der Waals surface area contributed by atoms with E-state index in [1.807, 2.05) is 0 Å². The highest BCUT2D eigenvalue weighted by molar-refractivity contribution is 5.05. The summed E-state index contributed by atoms with van der Waals surface area (Å²) in [6.07, 6.45) is 12.2. The number of rotatable bonds is 5. The molecule has 0 aliphatic heterocycles. The third-order valence-electron chi connectivity index (χ3n) is 3.14. The average molecular weight is 179 g/mol. The molecule has 0 radical (unpaired) electrons. The Morgan fingerprint density at radius 2 is 2.23 bits per heavy atom. The average Bonchev–Trinajstić information content (AvgIpc) is 2.98. The lowest BCUT2D eigenvalue weighted by Crippen LogP contribution is -2.18. The van der Waals surface area contributed by atoms with E-state index < -0.39 is 0 Å². The normalized spacial score (nSPS) is 22.9. The van der Waals surface area contributed by atoms with E-state index in [1.54, 1.807) is 5.57 Å². The van der Waals surface area contributed by atoms with Crippen molar-refractivity contribution in [3.8, 4) is 0 Å². The van der Waals surface area contributed by atoms with Gasteiger partial charge in [0.1, 0.15) is 0 Å². The summed E-state index contributed by atoms with van der Waals surface area (Å²) in [6.45, 7) is 2.48. The van der Waals surface area contributed by atoms with E-state index >= 15 is 0 Å². The van der Waals surface area contributed by atoms with Gasteiger partial charge in [-0.2, -0.15) is 0 Å². The van der Waals surface area contributed by atoms with Crippen molar-refractivity contribution in [1.82, 2.24) is 5.32 Å². The summed E-state index contributed by atoms with van der Waals surface area (Å²) >= 11 is 0. The molecule has 0 amide bonds. The highest BCUT2D eigenvalue weighted by Gasteiger charge is 2.19. The van der Waals surface area contributed by atoms with Gasteiger partial charge in [-0.3, -0.25) is 0 Å². The van der Waals surface area contributed by atoms with Gasteiger partial charge < -0.3 is 5.32 Å². The van der Waals surface area contributed by atoms with Crippen molar-refractivity contribution >= 4 is 0 Å². The fraction of sp³-hybridized carbons (Fsp3) is 0.833. The molecule has 13 heavy (non-hydrogen) atoms. The lowest BCUT2D eigenvalue weighted by atomic mass is 9.97. The lowest BCUT2D eigenvalue weighted by Gasteiger charge is -2.12. The summed E-state index contributed by atoms with van der Waals surface area (Å²) in [5, 5.41) is 3.55. The van der Waals surface area contributed by atoms with Crippen LogP contribution in [-0.2, 0) is 0 Å². The van der Waals surface area contributed by atoms with Gasteiger partial charge in [0.15, 0.2) is 0 Å². The van der Waals surface area contributed by atoms with Crippen molar-refractivity contribution in [3.63, 3.8) is 0 Å². The molecule has 74 valence electrons. The Bertz CT molecular complexity index is 180. The van der Waals surface area contributed by atoms with E-state index in [2.05, 4.69) is 11.4 Å². The van der Waals surface area contributed by atoms with Gasteiger partial charge in [0.25, 0.3) is 0 Å². The minimum absolute atomic E-state index is 1.03. The largest absolute Gasteiger partial charge is 0.316 e. The molecular formula is C12H21N. The first-order valence-corrected chi connectivity index (χ1v) is 5.84. The van der Waals surface area contributed by atoms with Crippen LogP contribution in [0.5, 0.6) is 0 Å². The molecule has 0 unspecified atom stereocenters. The predicted octanol–water partition coefficient (Wildman–Crippen LogP) is 2.88. The van der Waals surface area contributed by atoms with Crippen molar-refractivity contribution in [2.24, 2.45) is 5.92 Å². The van der Waals surface area contributed by atoms with Crippen LogP contribution in [-0.4, -0.2) is 13.1 Å². The maximum absolute atomic E-state index is 3.55. The topological polar surface area (TPSA) is 12.0 Å². The van der Waals surface area contributed by atoms with Gasteiger partial charge in [0.2, 0.25) is 0 Å². The zero-order valence-corrected chi connectivity index (χ0v) is 8.52. The molecule has 1 nitrogen and oxygen atoms in total. The Balaban J connectivity index is 1.53. The van der Waals surface area contributed by atoms with E-state index in [-0.39, 0.29) is 0 Å². The number of hydrogen-bond donors (Lipinski definition) is 1. The summed E-state index contributed by atoms with van der Waals surface area (Å²) in [4.78, 5) is 0. The monoisotopic (exact) mass is 179 g/mol. The molecule has 1 saturated carbocycles. The molecule has 0 aromatic carbocycles. The van der Waals surface area contributed by atoms with Gasteiger partial charge in [-0.15, -0.1) is 0 Å². The van der Waals surface area contributed by atoms with Crippen LogP contribution in [0.2, 0.25) is 0 Å². The molecule has 2 aliphatic carbocycles. The molecule has 0 atom stereocenters. The second-order valence-electron chi connectivity index (χ2n) is 4.51. The smallest absolute Gasteiger partial charge is 0.00115 e. The van der Waals surface area contributed by atoms with E-state index in [9.17, 15) is 0 Å². The number of nitrogens with one attached hydrogen (secondary N) is 1. The van der Waals surface area contributed by atoms with Gasteiger partial charge in [-0.25, -0.2) is 0 Å². The third kappa shape index (κ3) is 3.51.